The lowest BCUT2D eigenvalue weighted by Gasteiger charge is -2.07. The fraction of sp³-hybridized carbons (Fsp3) is 0.385. The molecule has 0 aliphatic heterocycles. The number of hydrogen-bond acceptors (Lipinski definition) is 3. The highest BCUT2D eigenvalue weighted by molar-refractivity contribution is 5.95. The van der Waals surface area contributed by atoms with Crippen molar-refractivity contribution in [1.82, 2.24) is 5.32 Å². The highest BCUT2D eigenvalue weighted by Crippen LogP contribution is 2.09. The maximum Gasteiger partial charge on any atom is 0.305 e. The molecule has 1 rings (SSSR count). The zero-order valence-corrected chi connectivity index (χ0v) is 10.5. The first-order chi connectivity index (χ1) is 8.54. The molecule has 18 heavy (non-hydrogen) atoms. The number of hydrogen-bond donors (Lipinski definition) is 1. The first kappa shape index (κ1) is 14.2. The van der Waals surface area contributed by atoms with Gasteiger partial charge in [0.1, 0.15) is 5.82 Å². The van der Waals surface area contributed by atoms with Crippen molar-refractivity contribution in [2.24, 2.45) is 0 Å². The number of amides is 1. The topological polar surface area (TPSA) is 55.4 Å². The van der Waals surface area contributed by atoms with Crippen molar-refractivity contribution < 1.29 is 18.7 Å². The smallest absolute Gasteiger partial charge is 0.305 e. The van der Waals surface area contributed by atoms with Crippen molar-refractivity contribution in [2.75, 3.05) is 13.7 Å². The zero-order valence-electron chi connectivity index (χ0n) is 10.5. The third kappa shape index (κ3) is 4.16. The molecule has 5 heteroatoms. The molecule has 98 valence electrons. The quantitative estimate of drug-likeness (QED) is 0.643. The number of carbonyl (C=O) groups excluding carboxylic acids is 2. The third-order valence-electron chi connectivity index (χ3n) is 2.52. The Hall–Kier alpha value is -1.91. The first-order valence-electron chi connectivity index (χ1n) is 5.65. The van der Waals surface area contributed by atoms with Gasteiger partial charge in [0, 0.05) is 18.5 Å². The summed E-state index contributed by atoms with van der Waals surface area (Å²) in [6.45, 7) is 2.09. The Morgan fingerprint density at radius 2 is 2.11 bits per heavy atom. The fourth-order valence-electron chi connectivity index (χ4n) is 1.47. The summed E-state index contributed by atoms with van der Waals surface area (Å²) in [5.41, 5.74) is 1.02. The number of nitrogens with one attached hydrogen (secondary N) is 1. The number of benzene rings is 1. The van der Waals surface area contributed by atoms with Gasteiger partial charge >= 0.3 is 5.97 Å². The average Bonchev–Trinajstić information content (AvgIpc) is 2.36. The maximum absolute atomic E-state index is 13.0. The average molecular weight is 253 g/mol. The highest BCUT2D eigenvalue weighted by atomic mass is 19.1. The van der Waals surface area contributed by atoms with E-state index in [1.807, 2.05) is 0 Å². The Kier molecular flexibility index (Phi) is 5.30. The molecule has 1 aromatic carbocycles. The van der Waals surface area contributed by atoms with E-state index >= 15 is 0 Å². The fourth-order valence-corrected chi connectivity index (χ4v) is 1.47. The molecule has 0 spiro atoms. The van der Waals surface area contributed by atoms with E-state index in [-0.39, 0.29) is 18.3 Å². The molecule has 0 aromatic heterocycles. The van der Waals surface area contributed by atoms with Crippen LogP contribution >= 0.6 is 0 Å². The monoisotopic (exact) mass is 253 g/mol. The van der Waals surface area contributed by atoms with Gasteiger partial charge in [-0.15, -0.1) is 0 Å². The van der Waals surface area contributed by atoms with Crippen molar-refractivity contribution in [3.05, 3.63) is 35.1 Å². The molecule has 1 N–H and O–H groups in total. The van der Waals surface area contributed by atoms with E-state index in [9.17, 15) is 14.0 Å². The number of methoxy groups -OCH3 is 1. The van der Waals surface area contributed by atoms with Crippen LogP contribution in [0.25, 0.3) is 0 Å². The van der Waals surface area contributed by atoms with Crippen LogP contribution in [0.3, 0.4) is 0 Å². The summed E-state index contributed by atoms with van der Waals surface area (Å²) < 4.78 is 17.5. The van der Waals surface area contributed by atoms with Crippen molar-refractivity contribution in [2.45, 2.75) is 19.8 Å². The number of ether oxygens (including phenoxy) is 1. The summed E-state index contributed by atoms with van der Waals surface area (Å²) in [6, 6.07) is 4.06. The predicted octanol–water partition coefficient (Wildman–Crippen LogP) is 1.82. The number of carbonyl (C=O) groups is 2. The van der Waals surface area contributed by atoms with Crippen molar-refractivity contribution in [1.29, 1.82) is 0 Å². The molecular formula is C13H16FNO3. The summed E-state index contributed by atoms with van der Waals surface area (Å²) in [6.07, 6.45) is 0.742. The SMILES string of the molecule is COC(=O)CCCNC(=O)c1cc(F)ccc1C. The molecule has 0 fully saturated rings. The second-order valence-electron chi connectivity index (χ2n) is 3.89. The number of rotatable bonds is 5. The molecule has 0 bridgehead atoms. The Morgan fingerprint density at radius 1 is 1.39 bits per heavy atom. The highest BCUT2D eigenvalue weighted by Gasteiger charge is 2.09. The van der Waals surface area contributed by atoms with Crippen molar-refractivity contribution in [3.8, 4) is 0 Å². The number of aryl methyl sites for hydroxylation is 1. The van der Waals surface area contributed by atoms with Crippen LogP contribution in [0.15, 0.2) is 18.2 Å². The van der Waals surface area contributed by atoms with Gasteiger partial charge in [-0.05, 0) is 31.0 Å². The van der Waals surface area contributed by atoms with Crippen LogP contribution in [0, 0.1) is 12.7 Å². The molecule has 4 nitrogen and oxygen atoms in total. The molecule has 0 aliphatic rings. The van der Waals surface area contributed by atoms with Gasteiger partial charge in [-0.1, -0.05) is 6.07 Å². The van der Waals surface area contributed by atoms with Gasteiger partial charge in [0.2, 0.25) is 0 Å². The van der Waals surface area contributed by atoms with Crippen molar-refractivity contribution in [3.63, 3.8) is 0 Å². The van der Waals surface area contributed by atoms with Crippen LogP contribution in [0.5, 0.6) is 0 Å². The van der Waals surface area contributed by atoms with Gasteiger partial charge in [-0.25, -0.2) is 4.39 Å². The van der Waals surface area contributed by atoms with Gasteiger partial charge in [-0.2, -0.15) is 0 Å². The van der Waals surface area contributed by atoms with Crippen LogP contribution in [0.2, 0.25) is 0 Å². The molecule has 1 aromatic rings. The molecule has 0 saturated carbocycles. The third-order valence-corrected chi connectivity index (χ3v) is 2.52. The normalized spacial score (nSPS) is 9.94. The van der Waals surface area contributed by atoms with Gasteiger partial charge in [0.25, 0.3) is 5.91 Å². The molecule has 0 aliphatic carbocycles. The molecule has 0 heterocycles. The van der Waals surface area contributed by atoms with Gasteiger partial charge in [0.15, 0.2) is 0 Å². The Labute approximate surface area is 105 Å². The molecule has 1 amide bonds. The van der Waals surface area contributed by atoms with E-state index in [1.165, 1.54) is 19.2 Å². The van der Waals surface area contributed by atoms with Crippen LogP contribution in [0.4, 0.5) is 4.39 Å². The first-order valence-corrected chi connectivity index (χ1v) is 5.65. The summed E-state index contributed by atoms with van der Waals surface area (Å²) in [5, 5.41) is 2.63. The molecule has 0 atom stereocenters. The second kappa shape index (κ2) is 6.74. The number of esters is 1. The van der Waals surface area contributed by atoms with Crippen molar-refractivity contribution >= 4 is 11.9 Å². The van der Waals surface area contributed by atoms with Crippen LogP contribution in [0.1, 0.15) is 28.8 Å². The van der Waals surface area contributed by atoms with E-state index in [0.29, 0.717) is 24.1 Å². The molecule has 0 radical (unpaired) electrons. The summed E-state index contributed by atoms with van der Waals surface area (Å²) in [7, 11) is 1.32. The van der Waals surface area contributed by atoms with Gasteiger partial charge < -0.3 is 10.1 Å². The largest absolute Gasteiger partial charge is 0.469 e. The van der Waals surface area contributed by atoms with E-state index < -0.39 is 5.82 Å². The van der Waals surface area contributed by atoms with E-state index in [0.717, 1.165) is 0 Å². The summed E-state index contributed by atoms with van der Waals surface area (Å²) in [4.78, 5) is 22.6. The second-order valence-corrected chi connectivity index (χ2v) is 3.89. The van der Waals surface area contributed by atoms with E-state index in [4.69, 9.17) is 0 Å². The minimum Gasteiger partial charge on any atom is -0.469 e. The van der Waals surface area contributed by atoms with Crippen LogP contribution in [-0.2, 0) is 9.53 Å². The summed E-state index contributed by atoms with van der Waals surface area (Å²) >= 11 is 0. The zero-order chi connectivity index (χ0) is 13.5. The molecule has 0 saturated heterocycles. The Bertz CT molecular complexity index is 446. The molecular weight excluding hydrogens is 237 g/mol. The Balaban J connectivity index is 2.46. The van der Waals surface area contributed by atoms with Crippen LogP contribution < -0.4 is 5.32 Å². The number of halogens is 1. The van der Waals surface area contributed by atoms with E-state index in [1.54, 1.807) is 13.0 Å². The lowest BCUT2D eigenvalue weighted by Crippen LogP contribution is -2.25. The van der Waals surface area contributed by atoms with Crippen LogP contribution in [-0.4, -0.2) is 25.5 Å². The lowest BCUT2D eigenvalue weighted by molar-refractivity contribution is -0.140. The minimum absolute atomic E-state index is 0.249. The van der Waals surface area contributed by atoms with Gasteiger partial charge in [-0.3, -0.25) is 9.59 Å². The minimum atomic E-state index is -0.444. The van der Waals surface area contributed by atoms with Gasteiger partial charge in [0.05, 0.1) is 7.11 Å². The predicted molar refractivity (Wildman–Crippen MR) is 64.7 cm³/mol. The Morgan fingerprint density at radius 3 is 2.78 bits per heavy atom. The lowest BCUT2D eigenvalue weighted by atomic mass is 10.1. The standard InChI is InChI=1S/C13H16FNO3/c1-9-5-6-10(14)8-11(9)13(17)15-7-3-4-12(16)18-2/h5-6,8H,3-4,7H2,1-2H3,(H,15,17). The van der Waals surface area contributed by atoms with E-state index in [2.05, 4.69) is 10.1 Å². The summed E-state index contributed by atoms with van der Waals surface area (Å²) in [5.74, 6) is -1.09. The maximum atomic E-state index is 13.0. The molecule has 0 unspecified atom stereocenters.